The fourth-order valence-electron chi connectivity index (χ4n) is 2.66. The molecule has 5 nitrogen and oxygen atoms in total. The van der Waals surface area contributed by atoms with Gasteiger partial charge in [0.05, 0.1) is 10.7 Å². The maximum absolute atomic E-state index is 12.2. The summed E-state index contributed by atoms with van der Waals surface area (Å²) in [6.45, 7) is 0.614. The van der Waals surface area contributed by atoms with Crippen molar-refractivity contribution in [3.8, 4) is 0 Å². The van der Waals surface area contributed by atoms with Crippen LogP contribution in [0.15, 0.2) is 54.6 Å². The highest BCUT2D eigenvalue weighted by Gasteiger charge is 2.33. The molecule has 2 aromatic carbocycles. The van der Waals surface area contributed by atoms with Gasteiger partial charge in [0.15, 0.2) is 0 Å². The van der Waals surface area contributed by atoms with Gasteiger partial charge in [-0.05, 0) is 17.5 Å². The zero-order chi connectivity index (χ0) is 16.2. The van der Waals surface area contributed by atoms with E-state index in [1.165, 1.54) is 23.4 Å². The van der Waals surface area contributed by atoms with E-state index in [-0.39, 0.29) is 17.0 Å². The summed E-state index contributed by atoms with van der Waals surface area (Å²) < 4.78 is 0. The van der Waals surface area contributed by atoms with E-state index < -0.39 is 4.92 Å². The van der Waals surface area contributed by atoms with Gasteiger partial charge in [-0.3, -0.25) is 14.9 Å². The lowest BCUT2D eigenvalue weighted by Gasteiger charge is -2.24. The van der Waals surface area contributed by atoms with E-state index in [1.807, 2.05) is 41.3 Å². The second kappa shape index (κ2) is 6.83. The predicted octanol–water partition coefficient (Wildman–Crippen LogP) is 3.41. The van der Waals surface area contributed by atoms with Gasteiger partial charge < -0.3 is 4.90 Å². The Hall–Kier alpha value is -2.34. The molecule has 1 amide bonds. The topological polar surface area (TPSA) is 63.4 Å². The highest BCUT2D eigenvalue weighted by Crippen LogP contribution is 2.39. The molecule has 1 heterocycles. The van der Waals surface area contributed by atoms with Crippen molar-refractivity contribution in [3.05, 3.63) is 75.8 Å². The zero-order valence-electron chi connectivity index (χ0n) is 12.4. The molecule has 118 valence electrons. The van der Waals surface area contributed by atoms with Gasteiger partial charge in [-0.2, -0.15) is 0 Å². The van der Waals surface area contributed by atoms with Crippen molar-refractivity contribution in [1.82, 2.24) is 4.90 Å². The molecule has 0 radical (unpaired) electrons. The average Bonchev–Trinajstić information content (AvgIpc) is 2.95. The summed E-state index contributed by atoms with van der Waals surface area (Å²) >= 11 is 1.52. The van der Waals surface area contributed by atoms with Crippen LogP contribution < -0.4 is 0 Å². The van der Waals surface area contributed by atoms with E-state index in [0.717, 1.165) is 12.0 Å². The first-order valence-electron chi connectivity index (χ1n) is 7.34. The van der Waals surface area contributed by atoms with E-state index in [9.17, 15) is 14.9 Å². The Morgan fingerprint density at radius 2 is 1.96 bits per heavy atom. The van der Waals surface area contributed by atoms with E-state index in [2.05, 4.69) is 0 Å². The van der Waals surface area contributed by atoms with Gasteiger partial charge in [0, 0.05) is 18.7 Å². The van der Waals surface area contributed by atoms with Gasteiger partial charge in [0.1, 0.15) is 5.37 Å². The third-order valence-electron chi connectivity index (χ3n) is 3.82. The second-order valence-electron chi connectivity index (χ2n) is 5.34. The van der Waals surface area contributed by atoms with Gasteiger partial charge >= 0.3 is 0 Å². The number of non-ortho nitro benzene ring substituents is 1. The Morgan fingerprint density at radius 1 is 1.17 bits per heavy atom. The average molecular weight is 328 g/mol. The summed E-state index contributed by atoms with van der Waals surface area (Å²) in [6.07, 6.45) is 0.776. The highest BCUT2D eigenvalue weighted by atomic mass is 32.2. The molecule has 1 saturated heterocycles. The summed E-state index contributed by atoms with van der Waals surface area (Å²) in [5.41, 5.74) is 2.04. The smallest absolute Gasteiger partial charge is 0.269 e. The number of benzene rings is 2. The van der Waals surface area contributed by atoms with Crippen LogP contribution in [-0.4, -0.2) is 28.0 Å². The molecule has 0 unspecified atom stereocenters. The summed E-state index contributed by atoms with van der Waals surface area (Å²) in [6, 6.07) is 16.6. The van der Waals surface area contributed by atoms with Crippen LogP contribution in [0.2, 0.25) is 0 Å². The Labute approximate surface area is 138 Å². The Kier molecular flexibility index (Phi) is 4.62. The van der Waals surface area contributed by atoms with Crippen molar-refractivity contribution in [3.63, 3.8) is 0 Å². The van der Waals surface area contributed by atoms with Crippen molar-refractivity contribution < 1.29 is 9.72 Å². The number of hydrogen-bond donors (Lipinski definition) is 0. The van der Waals surface area contributed by atoms with E-state index in [1.54, 1.807) is 12.1 Å². The van der Waals surface area contributed by atoms with Crippen molar-refractivity contribution in [1.29, 1.82) is 0 Å². The molecule has 0 spiro atoms. The summed E-state index contributed by atoms with van der Waals surface area (Å²) in [5, 5.41) is 10.8. The molecule has 1 fully saturated rings. The number of hydrogen-bond acceptors (Lipinski definition) is 4. The Balaban J connectivity index is 1.77. The quantitative estimate of drug-likeness (QED) is 0.623. The molecule has 0 N–H and O–H groups in total. The van der Waals surface area contributed by atoms with Crippen molar-refractivity contribution in [2.24, 2.45) is 0 Å². The summed E-state index contributed by atoms with van der Waals surface area (Å²) in [4.78, 5) is 24.5. The fourth-order valence-corrected chi connectivity index (χ4v) is 3.87. The van der Waals surface area contributed by atoms with E-state index >= 15 is 0 Å². The fraction of sp³-hybridized carbons (Fsp3) is 0.235. The number of carbonyl (C=O) groups excluding carboxylic acids is 1. The highest BCUT2D eigenvalue weighted by molar-refractivity contribution is 8.00. The normalized spacial score (nSPS) is 17.5. The van der Waals surface area contributed by atoms with Gasteiger partial charge in [0.25, 0.3) is 5.69 Å². The molecule has 1 aliphatic rings. The SMILES string of the molecule is O=C1CS[C@@H](c2cccc([N+](=O)[O-])c2)N1CCc1ccccc1. The Morgan fingerprint density at radius 3 is 2.70 bits per heavy atom. The standard InChI is InChI=1S/C17H16N2O3S/c20-16-12-23-17(14-7-4-8-15(11-14)19(21)22)18(16)10-9-13-5-2-1-3-6-13/h1-8,11,17H,9-10,12H2/t17-/m0/s1. The molecule has 0 aliphatic carbocycles. The predicted molar refractivity (Wildman–Crippen MR) is 90.2 cm³/mol. The first-order valence-corrected chi connectivity index (χ1v) is 8.39. The molecule has 2 aromatic rings. The number of rotatable bonds is 5. The first kappa shape index (κ1) is 15.6. The lowest BCUT2D eigenvalue weighted by Crippen LogP contribution is -2.30. The molecular formula is C17H16N2O3S. The van der Waals surface area contributed by atoms with Gasteiger partial charge in [-0.1, -0.05) is 42.5 Å². The third kappa shape index (κ3) is 3.53. The van der Waals surface area contributed by atoms with Crippen molar-refractivity contribution >= 4 is 23.4 Å². The minimum Gasteiger partial charge on any atom is -0.325 e. The largest absolute Gasteiger partial charge is 0.325 e. The van der Waals surface area contributed by atoms with Crippen LogP contribution in [0.5, 0.6) is 0 Å². The summed E-state index contributed by atoms with van der Waals surface area (Å²) in [5.74, 6) is 0.504. The van der Waals surface area contributed by atoms with Gasteiger partial charge in [0.2, 0.25) is 5.91 Å². The number of nitro groups is 1. The van der Waals surface area contributed by atoms with E-state index in [0.29, 0.717) is 12.3 Å². The van der Waals surface area contributed by atoms with Crippen LogP contribution in [0.3, 0.4) is 0 Å². The number of nitro benzene ring substituents is 1. The van der Waals surface area contributed by atoms with Gasteiger partial charge in [-0.25, -0.2) is 0 Å². The maximum atomic E-state index is 12.2. The zero-order valence-corrected chi connectivity index (χ0v) is 13.2. The van der Waals surface area contributed by atoms with E-state index in [4.69, 9.17) is 0 Å². The third-order valence-corrected chi connectivity index (χ3v) is 5.07. The van der Waals surface area contributed by atoms with Gasteiger partial charge in [-0.15, -0.1) is 11.8 Å². The van der Waals surface area contributed by atoms with Crippen LogP contribution >= 0.6 is 11.8 Å². The minimum absolute atomic E-state index is 0.0606. The van der Waals surface area contributed by atoms with Crippen LogP contribution in [0.4, 0.5) is 5.69 Å². The van der Waals surface area contributed by atoms with Crippen LogP contribution in [0.1, 0.15) is 16.5 Å². The lowest BCUT2D eigenvalue weighted by molar-refractivity contribution is -0.384. The van der Waals surface area contributed by atoms with Crippen LogP contribution in [-0.2, 0) is 11.2 Å². The molecule has 1 aliphatic heterocycles. The first-order chi connectivity index (χ1) is 11.1. The number of nitrogens with zero attached hydrogens (tertiary/aromatic N) is 2. The Bertz CT molecular complexity index is 721. The molecule has 1 atom stereocenters. The second-order valence-corrected chi connectivity index (χ2v) is 6.41. The number of carbonyl (C=O) groups is 1. The molecular weight excluding hydrogens is 312 g/mol. The molecule has 0 bridgehead atoms. The van der Waals surface area contributed by atoms with Crippen molar-refractivity contribution in [2.45, 2.75) is 11.8 Å². The van der Waals surface area contributed by atoms with Crippen LogP contribution in [0.25, 0.3) is 0 Å². The molecule has 23 heavy (non-hydrogen) atoms. The molecule has 0 saturated carbocycles. The molecule has 6 heteroatoms. The molecule has 3 rings (SSSR count). The lowest BCUT2D eigenvalue weighted by atomic mass is 10.1. The minimum atomic E-state index is -0.404. The maximum Gasteiger partial charge on any atom is 0.269 e. The molecule has 0 aromatic heterocycles. The monoisotopic (exact) mass is 328 g/mol. The number of thioether (sulfide) groups is 1. The van der Waals surface area contributed by atoms with Crippen LogP contribution in [0, 0.1) is 10.1 Å². The van der Waals surface area contributed by atoms with Crippen molar-refractivity contribution in [2.75, 3.05) is 12.3 Å². The summed E-state index contributed by atoms with van der Waals surface area (Å²) in [7, 11) is 0. The number of amides is 1.